The molecule has 0 aromatic heterocycles. The van der Waals surface area contributed by atoms with Crippen LogP contribution in [-0.4, -0.2) is 11.1 Å². The number of halogens is 2. The van der Waals surface area contributed by atoms with E-state index in [9.17, 15) is 4.79 Å². The van der Waals surface area contributed by atoms with Crippen molar-refractivity contribution in [1.82, 2.24) is 0 Å². The summed E-state index contributed by atoms with van der Waals surface area (Å²) < 4.78 is 0. The van der Waals surface area contributed by atoms with Crippen LogP contribution in [0.15, 0.2) is 42.5 Å². The largest absolute Gasteiger partial charge is 0.478 e. The Morgan fingerprint density at radius 2 is 1.65 bits per heavy atom. The van der Waals surface area contributed by atoms with Crippen LogP contribution in [-0.2, 0) is 0 Å². The Labute approximate surface area is 108 Å². The molecule has 0 radical (unpaired) electrons. The lowest BCUT2D eigenvalue weighted by Gasteiger charge is -2.06. The van der Waals surface area contributed by atoms with E-state index in [1.807, 2.05) is 6.07 Å². The number of hydrogen-bond donors (Lipinski definition) is 1. The van der Waals surface area contributed by atoms with Crippen LogP contribution in [0.5, 0.6) is 0 Å². The molecule has 0 heterocycles. The van der Waals surface area contributed by atoms with Crippen LogP contribution in [0.3, 0.4) is 0 Å². The Kier molecular flexibility index (Phi) is 3.36. The van der Waals surface area contributed by atoms with Crippen LogP contribution < -0.4 is 0 Å². The Bertz CT molecular complexity index is 562. The standard InChI is InChI=1S/C13H8Cl2O2/c14-11-3-1-2-10(12(11)15)8-4-6-9(7-5-8)13(16)17/h1-7H,(H,16,17). The molecule has 0 atom stereocenters. The molecule has 2 rings (SSSR count). The van der Waals surface area contributed by atoms with Gasteiger partial charge in [-0.3, -0.25) is 0 Å². The molecule has 86 valence electrons. The van der Waals surface area contributed by atoms with E-state index in [1.54, 1.807) is 24.3 Å². The summed E-state index contributed by atoms with van der Waals surface area (Å²) in [7, 11) is 0. The van der Waals surface area contributed by atoms with Gasteiger partial charge in [0.1, 0.15) is 0 Å². The molecule has 2 aromatic carbocycles. The minimum Gasteiger partial charge on any atom is -0.478 e. The first-order valence-electron chi connectivity index (χ1n) is 4.87. The second-order valence-corrected chi connectivity index (χ2v) is 4.27. The predicted molar refractivity (Wildman–Crippen MR) is 68.9 cm³/mol. The maximum atomic E-state index is 10.7. The second-order valence-electron chi connectivity index (χ2n) is 3.48. The number of benzene rings is 2. The lowest BCUT2D eigenvalue weighted by molar-refractivity contribution is 0.0697. The first kappa shape index (κ1) is 12.0. The van der Waals surface area contributed by atoms with Gasteiger partial charge in [0.05, 0.1) is 15.6 Å². The third-order valence-corrected chi connectivity index (χ3v) is 3.21. The highest BCUT2D eigenvalue weighted by Gasteiger charge is 2.08. The van der Waals surface area contributed by atoms with E-state index >= 15 is 0 Å². The third kappa shape index (κ3) is 2.43. The molecule has 0 aliphatic rings. The van der Waals surface area contributed by atoms with Crippen LogP contribution >= 0.6 is 23.2 Å². The molecule has 0 bridgehead atoms. The Morgan fingerprint density at radius 3 is 2.24 bits per heavy atom. The summed E-state index contributed by atoms with van der Waals surface area (Å²) in [5.74, 6) is -0.950. The zero-order valence-electron chi connectivity index (χ0n) is 8.65. The normalized spacial score (nSPS) is 10.2. The quantitative estimate of drug-likeness (QED) is 0.877. The molecule has 17 heavy (non-hydrogen) atoms. The number of rotatable bonds is 2. The van der Waals surface area contributed by atoms with E-state index in [0.29, 0.717) is 10.0 Å². The second kappa shape index (κ2) is 4.78. The average molecular weight is 267 g/mol. The molecule has 0 amide bonds. The zero-order chi connectivity index (χ0) is 12.4. The predicted octanol–water partition coefficient (Wildman–Crippen LogP) is 4.36. The summed E-state index contributed by atoms with van der Waals surface area (Å²) in [4.78, 5) is 10.7. The van der Waals surface area contributed by atoms with Gasteiger partial charge in [-0.05, 0) is 23.8 Å². The summed E-state index contributed by atoms with van der Waals surface area (Å²) in [6, 6.07) is 11.8. The zero-order valence-corrected chi connectivity index (χ0v) is 10.2. The van der Waals surface area contributed by atoms with Crippen molar-refractivity contribution in [2.24, 2.45) is 0 Å². The van der Waals surface area contributed by atoms with E-state index in [-0.39, 0.29) is 5.56 Å². The molecule has 4 heteroatoms. The molecule has 0 aliphatic heterocycles. The molecule has 0 spiro atoms. The Balaban J connectivity index is 2.47. The van der Waals surface area contributed by atoms with Crippen molar-refractivity contribution in [3.8, 4) is 11.1 Å². The van der Waals surface area contributed by atoms with E-state index in [4.69, 9.17) is 28.3 Å². The van der Waals surface area contributed by atoms with Gasteiger partial charge in [-0.25, -0.2) is 4.79 Å². The minimum absolute atomic E-state index is 0.243. The van der Waals surface area contributed by atoms with Gasteiger partial charge in [-0.1, -0.05) is 47.5 Å². The summed E-state index contributed by atoms with van der Waals surface area (Å²) >= 11 is 12.0. The van der Waals surface area contributed by atoms with E-state index in [0.717, 1.165) is 11.1 Å². The van der Waals surface area contributed by atoms with Crippen molar-refractivity contribution >= 4 is 29.2 Å². The van der Waals surface area contributed by atoms with Gasteiger partial charge in [0.15, 0.2) is 0 Å². The van der Waals surface area contributed by atoms with Crippen molar-refractivity contribution in [1.29, 1.82) is 0 Å². The van der Waals surface area contributed by atoms with Crippen LogP contribution in [0, 0.1) is 0 Å². The summed E-state index contributed by atoms with van der Waals surface area (Å²) in [6.07, 6.45) is 0. The fraction of sp³-hybridized carbons (Fsp3) is 0. The van der Waals surface area contributed by atoms with E-state index in [1.165, 1.54) is 12.1 Å². The average Bonchev–Trinajstić information content (AvgIpc) is 2.33. The molecule has 2 aromatic rings. The van der Waals surface area contributed by atoms with Crippen molar-refractivity contribution < 1.29 is 9.90 Å². The van der Waals surface area contributed by atoms with Gasteiger partial charge in [0, 0.05) is 5.56 Å². The van der Waals surface area contributed by atoms with Crippen LogP contribution in [0.25, 0.3) is 11.1 Å². The van der Waals surface area contributed by atoms with Crippen molar-refractivity contribution in [3.05, 3.63) is 58.1 Å². The first-order chi connectivity index (χ1) is 8.09. The highest BCUT2D eigenvalue weighted by Crippen LogP contribution is 2.33. The van der Waals surface area contributed by atoms with Gasteiger partial charge < -0.3 is 5.11 Å². The van der Waals surface area contributed by atoms with Crippen molar-refractivity contribution in [2.45, 2.75) is 0 Å². The van der Waals surface area contributed by atoms with E-state index < -0.39 is 5.97 Å². The molecule has 0 aliphatic carbocycles. The van der Waals surface area contributed by atoms with Crippen LogP contribution in [0.4, 0.5) is 0 Å². The molecule has 2 nitrogen and oxygen atoms in total. The lowest BCUT2D eigenvalue weighted by Crippen LogP contribution is -1.95. The number of carboxylic acids is 1. The molecular formula is C13H8Cl2O2. The smallest absolute Gasteiger partial charge is 0.335 e. The van der Waals surface area contributed by atoms with Gasteiger partial charge >= 0.3 is 5.97 Å². The fourth-order valence-corrected chi connectivity index (χ4v) is 1.93. The van der Waals surface area contributed by atoms with Gasteiger partial charge in [0.25, 0.3) is 0 Å². The first-order valence-corrected chi connectivity index (χ1v) is 5.63. The molecule has 0 saturated heterocycles. The molecular weight excluding hydrogens is 259 g/mol. The number of carbonyl (C=O) groups is 1. The fourth-order valence-electron chi connectivity index (χ4n) is 1.52. The molecule has 0 fully saturated rings. The molecule has 1 N–H and O–H groups in total. The topological polar surface area (TPSA) is 37.3 Å². The Hall–Kier alpha value is -1.51. The van der Waals surface area contributed by atoms with E-state index in [2.05, 4.69) is 0 Å². The van der Waals surface area contributed by atoms with Gasteiger partial charge in [-0.15, -0.1) is 0 Å². The highest BCUT2D eigenvalue weighted by atomic mass is 35.5. The van der Waals surface area contributed by atoms with Crippen LogP contribution in [0.1, 0.15) is 10.4 Å². The molecule has 0 unspecified atom stereocenters. The number of hydrogen-bond acceptors (Lipinski definition) is 1. The molecule has 0 saturated carbocycles. The summed E-state index contributed by atoms with van der Waals surface area (Å²) in [5.41, 5.74) is 1.87. The van der Waals surface area contributed by atoms with Gasteiger partial charge in [0.2, 0.25) is 0 Å². The third-order valence-electron chi connectivity index (χ3n) is 2.39. The van der Waals surface area contributed by atoms with Crippen molar-refractivity contribution in [2.75, 3.05) is 0 Å². The van der Waals surface area contributed by atoms with Crippen molar-refractivity contribution in [3.63, 3.8) is 0 Å². The summed E-state index contributed by atoms with van der Waals surface area (Å²) in [5, 5.41) is 9.75. The van der Waals surface area contributed by atoms with Gasteiger partial charge in [-0.2, -0.15) is 0 Å². The summed E-state index contributed by atoms with van der Waals surface area (Å²) in [6.45, 7) is 0. The maximum Gasteiger partial charge on any atom is 0.335 e. The highest BCUT2D eigenvalue weighted by molar-refractivity contribution is 6.43. The SMILES string of the molecule is O=C(O)c1ccc(-c2cccc(Cl)c2Cl)cc1. The lowest BCUT2D eigenvalue weighted by atomic mass is 10.0. The maximum absolute atomic E-state index is 10.7. The Morgan fingerprint density at radius 1 is 1.00 bits per heavy atom. The number of carboxylic acid groups (broad SMARTS) is 1. The monoisotopic (exact) mass is 266 g/mol. The minimum atomic E-state index is -0.950. The number of aromatic carboxylic acids is 1. The van der Waals surface area contributed by atoms with Crippen LogP contribution in [0.2, 0.25) is 10.0 Å².